The Hall–Kier alpha value is -6.28. The zero-order valence-corrected chi connectivity index (χ0v) is 35.9. The van der Waals surface area contributed by atoms with Crippen molar-refractivity contribution in [2.45, 2.75) is 116 Å². The van der Waals surface area contributed by atoms with Crippen molar-refractivity contribution in [3.05, 3.63) is 164 Å². The van der Waals surface area contributed by atoms with Crippen molar-refractivity contribution in [3.8, 4) is 46.0 Å². The van der Waals surface area contributed by atoms with E-state index in [0.29, 0.717) is 59.1 Å². The number of hydrogen-bond acceptors (Lipinski definition) is 8. The summed E-state index contributed by atoms with van der Waals surface area (Å²) in [7, 11) is 0. The summed E-state index contributed by atoms with van der Waals surface area (Å²) in [6, 6.07) is 28.7. The normalized spacial score (nSPS) is 14.6. The Labute approximate surface area is 365 Å². The van der Waals surface area contributed by atoms with Gasteiger partial charge in [0.05, 0.1) is 0 Å². The number of aryl methyl sites for hydroxylation is 2. The average Bonchev–Trinajstić information content (AvgIpc) is 3.25. The molecule has 324 valence electrons. The summed E-state index contributed by atoms with van der Waals surface area (Å²) < 4.78 is 0. The SMILES string of the molecule is Cc1cc(Cc2cc(Cc3ccc(O)c(C)c3)c(O)c(C3CCCCC3)c2)ccc1O.Oc1ccc(Cc2cc(Cc3ccc(O)cc3O)c(O)c(C3CCCCC3)c2)c(O)c1. The zero-order chi connectivity index (χ0) is 43.9. The van der Waals surface area contributed by atoms with Gasteiger partial charge in [-0.25, -0.2) is 0 Å². The molecular formula is C54H60O8. The second-order valence-electron chi connectivity index (χ2n) is 17.6. The average molecular weight is 837 g/mol. The van der Waals surface area contributed by atoms with Crippen molar-refractivity contribution in [2.75, 3.05) is 0 Å². The first-order valence-corrected chi connectivity index (χ1v) is 22.1. The highest BCUT2D eigenvalue weighted by Gasteiger charge is 2.24. The minimum Gasteiger partial charge on any atom is -0.508 e. The Morgan fingerprint density at radius 3 is 1.21 bits per heavy atom. The van der Waals surface area contributed by atoms with Gasteiger partial charge in [-0.15, -0.1) is 0 Å². The lowest BCUT2D eigenvalue weighted by Gasteiger charge is -2.25. The molecule has 8 heteroatoms. The highest BCUT2D eigenvalue weighted by Crippen LogP contribution is 2.43. The first-order valence-electron chi connectivity index (χ1n) is 22.1. The van der Waals surface area contributed by atoms with Gasteiger partial charge in [-0.3, -0.25) is 0 Å². The smallest absolute Gasteiger partial charge is 0.122 e. The van der Waals surface area contributed by atoms with Crippen LogP contribution in [0.3, 0.4) is 0 Å². The molecule has 62 heavy (non-hydrogen) atoms. The van der Waals surface area contributed by atoms with Crippen LogP contribution in [0, 0.1) is 13.8 Å². The number of phenols is 8. The van der Waals surface area contributed by atoms with Crippen molar-refractivity contribution in [1.82, 2.24) is 0 Å². The van der Waals surface area contributed by atoms with E-state index in [1.807, 2.05) is 50.2 Å². The predicted molar refractivity (Wildman–Crippen MR) is 244 cm³/mol. The van der Waals surface area contributed by atoms with Crippen molar-refractivity contribution >= 4 is 0 Å². The Bertz CT molecular complexity index is 2510. The summed E-state index contributed by atoms with van der Waals surface area (Å²) in [6.07, 6.45) is 13.7. The fourth-order valence-corrected chi connectivity index (χ4v) is 9.44. The van der Waals surface area contributed by atoms with E-state index >= 15 is 0 Å². The Kier molecular flexibility index (Phi) is 13.9. The van der Waals surface area contributed by atoms with E-state index in [1.54, 1.807) is 30.3 Å². The van der Waals surface area contributed by atoms with Gasteiger partial charge < -0.3 is 40.9 Å². The summed E-state index contributed by atoms with van der Waals surface area (Å²) in [5.41, 5.74) is 11.1. The summed E-state index contributed by atoms with van der Waals surface area (Å²) in [5.74, 6) is 2.03. The van der Waals surface area contributed by atoms with Crippen LogP contribution in [0.25, 0.3) is 0 Å². The number of phenolic OH excluding ortho intramolecular Hbond substituents is 8. The molecule has 0 heterocycles. The summed E-state index contributed by atoms with van der Waals surface area (Å²) in [5, 5.41) is 81.7. The van der Waals surface area contributed by atoms with Crippen LogP contribution >= 0.6 is 0 Å². The second kappa shape index (κ2) is 19.6. The molecule has 2 aliphatic rings. The molecule has 0 unspecified atom stereocenters. The third-order valence-electron chi connectivity index (χ3n) is 12.9. The summed E-state index contributed by atoms with van der Waals surface area (Å²) in [6.45, 7) is 3.82. The van der Waals surface area contributed by atoms with E-state index in [-0.39, 0.29) is 34.7 Å². The van der Waals surface area contributed by atoms with Gasteiger partial charge in [-0.1, -0.05) is 99.2 Å². The molecule has 8 nitrogen and oxygen atoms in total. The lowest BCUT2D eigenvalue weighted by atomic mass is 9.81. The summed E-state index contributed by atoms with van der Waals surface area (Å²) in [4.78, 5) is 0. The fraction of sp³-hybridized carbons (Fsp3) is 0.333. The highest BCUT2D eigenvalue weighted by molar-refractivity contribution is 5.53. The van der Waals surface area contributed by atoms with Gasteiger partial charge in [0.2, 0.25) is 0 Å². The minimum atomic E-state index is -0.0137. The molecule has 0 aromatic heterocycles. The Morgan fingerprint density at radius 1 is 0.355 bits per heavy atom. The van der Waals surface area contributed by atoms with E-state index in [0.717, 1.165) is 89.5 Å². The molecule has 0 radical (unpaired) electrons. The first kappa shape index (κ1) is 43.8. The molecule has 8 rings (SSSR count). The Morgan fingerprint density at radius 2 is 0.758 bits per heavy atom. The molecule has 0 atom stereocenters. The monoisotopic (exact) mass is 836 g/mol. The topological polar surface area (TPSA) is 162 Å². The van der Waals surface area contributed by atoms with Crippen molar-refractivity contribution in [2.24, 2.45) is 0 Å². The van der Waals surface area contributed by atoms with Crippen molar-refractivity contribution in [1.29, 1.82) is 0 Å². The Balaban J connectivity index is 0.000000186. The van der Waals surface area contributed by atoms with Gasteiger partial charge in [0, 0.05) is 31.4 Å². The van der Waals surface area contributed by atoms with Crippen molar-refractivity contribution < 1.29 is 40.9 Å². The number of aromatic hydroxyl groups is 8. The molecule has 0 amide bonds. The number of hydrogen-bond donors (Lipinski definition) is 8. The van der Waals surface area contributed by atoms with Gasteiger partial charge in [-0.2, -0.15) is 0 Å². The zero-order valence-electron chi connectivity index (χ0n) is 35.9. The number of benzene rings is 6. The molecule has 0 bridgehead atoms. The molecule has 0 spiro atoms. The maximum Gasteiger partial charge on any atom is 0.122 e. The maximum absolute atomic E-state index is 11.2. The molecule has 2 fully saturated rings. The molecule has 0 aliphatic heterocycles. The van der Waals surface area contributed by atoms with Gasteiger partial charge in [0.15, 0.2) is 0 Å². The number of rotatable bonds is 10. The highest BCUT2D eigenvalue weighted by atomic mass is 16.3. The summed E-state index contributed by atoms with van der Waals surface area (Å²) >= 11 is 0. The van der Waals surface area contributed by atoms with E-state index in [2.05, 4.69) is 12.1 Å². The first-order chi connectivity index (χ1) is 29.8. The van der Waals surface area contributed by atoms with Gasteiger partial charge in [0.25, 0.3) is 0 Å². The van der Waals surface area contributed by atoms with E-state index in [4.69, 9.17) is 0 Å². The maximum atomic E-state index is 11.2. The van der Waals surface area contributed by atoms with Crippen LogP contribution in [0.4, 0.5) is 0 Å². The van der Waals surface area contributed by atoms with E-state index in [9.17, 15) is 40.9 Å². The molecule has 0 saturated heterocycles. The molecule has 2 aliphatic carbocycles. The predicted octanol–water partition coefficient (Wildman–Crippen LogP) is 12.1. The van der Waals surface area contributed by atoms with Gasteiger partial charge in [0.1, 0.15) is 46.0 Å². The fourth-order valence-electron chi connectivity index (χ4n) is 9.44. The van der Waals surface area contributed by atoms with E-state index in [1.165, 1.54) is 49.4 Å². The third kappa shape index (κ3) is 10.8. The third-order valence-corrected chi connectivity index (χ3v) is 12.9. The minimum absolute atomic E-state index is 0.00933. The lowest BCUT2D eigenvalue weighted by molar-refractivity contribution is 0.411. The molecule has 8 N–H and O–H groups in total. The van der Waals surface area contributed by atoms with Crippen LogP contribution in [0.2, 0.25) is 0 Å². The van der Waals surface area contributed by atoms with E-state index < -0.39 is 0 Å². The second-order valence-corrected chi connectivity index (χ2v) is 17.6. The van der Waals surface area contributed by atoms with Crippen LogP contribution in [0.1, 0.15) is 143 Å². The quantitative estimate of drug-likeness (QED) is 0.0676. The standard InChI is InChI=1S/C28H32O3.C26H28O5/c1-18-12-20(8-10-26(18)29)14-22-16-24(15-21-9-11-27(30)19(2)13-21)28(31)25(17-22)23-6-4-3-5-7-23;27-21-8-6-18(24(29)14-21)10-16-11-20(13-19-7-9-22(28)15-25(19)30)26(31)23(12-16)17-4-2-1-3-5-17/h8-13,16-17,23,29-31H,3-7,14-15H2,1-2H3;6-9,11-12,14-15,17,27-31H,1-5,10,13H2. The van der Waals surface area contributed by atoms with Crippen LogP contribution in [0.5, 0.6) is 46.0 Å². The molecular weight excluding hydrogens is 777 g/mol. The molecule has 6 aromatic rings. The largest absolute Gasteiger partial charge is 0.508 e. The van der Waals surface area contributed by atoms with Crippen LogP contribution < -0.4 is 0 Å². The van der Waals surface area contributed by atoms with Crippen LogP contribution in [-0.2, 0) is 25.7 Å². The van der Waals surface area contributed by atoms with Gasteiger partial charge >= 0.3 is 0 Å². The van der Waals surface area contributed by atoms with Crippen LogP contribution in [-0.4, -0.2) is 40.9 Å². The van der Waals surface area contributed by atoms with Crippen molar-refractivity contribution in [3.63, 3.8) is 0 Å². The molecule has 6 aromatic carbocycles. The lowest BCUT2D eigenvalue weighted by Crippen LogP contribution is -2.07. The van der Waals surface area contributed by atoms with Crippen LogP contribution in [0.15, 0.2) is 97.1 Å². The molecule has 2 saturated carbocycles. The van der Waals surface area contributed by atoms with Gasteiger partial charge in [-0.05, 0) is 149 Å².